The van der Waals surface area contributed by atoms with E-state index in [4.69, 9.17) is 28.7 Å². The fraction of sp³-hybridized carbons (Fsp3) is 0.609. The van der Waals surface area contributed by atoms with Crippen LogP contribution in [0.1, 0.15) is 91.5 Å². The van der Waals surface area contributed by atoms with Gasteiger partial charge in [0.05, 0.1) is 12.6 Å². The minimum absolute atomic E-state index is 0.0599. The molecule has 25 heteroatoms. The number of nitrogens with two attached hydrogens (primary N) is 5. The number of guanidine groups is 2. The Morgan fingerprint density at radius 3 is 1.82 bits per heavy atom. The molecule has 25 nitrogen and oxygen atoms in total. The fourth-order valence-corrected chi connectivity index (χ4v) is 8.01. The highest BCUT2D eigenvalue weighted by atomic mass is 16.4. The normalized spacial score (nSPS) is 16.4. The molecule has 1 saturated heterocycles. The fourth-order valence-electron chi connectivity index (χ4n) is 8.01. The summed E-state index contributed by atoms with van der Waals surface area (Å²) in [5.41, 5.74) is 29.2. The van der Waals surface area contributed by atoms with Gasteiger partial charge in [0, 0.05) is 43.2 Å². The van der Waals surface area contributed by atoms with Crippen molar-refractivity contribution in [3.8, 4) is 0 Å². The molecule has 0 radical (unpaired) electrons. The number of fused-ring (bicyclic) bond motifs is 1. The molecule has 1 aliphatic heterocycles. The molecule has 71 heavy (non-hydrogen) atoms. The van der Waals surface area contributed by atoms with Crippen molar-refractivity contribution in [3.05, 3.63) is 36.0 Å². The van der Waals surface area contributed by atoms with Gasteiger partial charge in [0.25, 0.3) is 0 Å². The van der Waals surface area contributed by atoms with Crippen LogP contribution in [0.3, 0.4) is 0 Å². The number of aliphatic carboxylic acids is 1. The van der Waals surface area contributed by atoms with Crippen LogP contribution < -0.4 is 60.6 Å². The predicted molar refractivity (Wildman–Crippen MR) is 265 cm³/mol. The average molecular weight is 998 g/mol. The van der Waals surface area contributed by atoms with Crippen molar-refractivity contribution in [1.82, 2.24) is 41.8 Å². The number of carbonyl (C=O) groups is 8. The van der Waals surface area contributed by atoms with Gasteiger partial charge in [-0.05, 0) is 81.8 Å². The molecule has 1 fully saturated rings. The molecule has 0 aliphatic carbocycles. The third-order valence-electron chi connectivity index (χ3n) is 11.7. The van der Waals surface area contributed by atoms with E-state index in [9.17, 15) is 48.6 Å². The number of benzene rings is 1. The SMILES string of the molecule is CC(C)CC(NC(=O)C(C)NC(=O)C(CC(C)C)NC(=O)C1CCCN1C(=O)C(N)CCCN=C(N)N)C(=O)NC(Cc1c[nH]c2ccccc12)C(=O)NC(CCCN=C(N)N)C(=O)NC(CO)C(=O)O. The van der Waals surface area contributed by atoms with E-state index >= 15 is 0 Å². The number of aromatic nitrogens is 1. The van der Waals surface area contributed by atoms with Crippen LogP contribution in [-0.4, -0.2) is 154 Å². The molecule has 1 aliphatic rings. The number of nitrogens with one attached hydrogen (secondary N) is 7. The Morgan fingerprint density at radius 2 is 1.23 bits per heavy atom. The summed E-state index contributed by atoms with van der Waals surface area (Å²) >= 11 is 0. The number of aliphatic hydroxyl groups excluding tert-OH is 1. The summed E-state index contributed by atoms with van der Waals surface area (Å²) in [7, 11) is 0. The van der Waals surface area contributed by atoms with Crippen molar-refractivity contribution < 1.29 is 48.6 Å². The molecule has 2 aromatic rings. The van der Waals surface area contributed by atoms with Gasteiger partial charge < -0.3 is 80.7 Å². The van der Waals surface area contributed by atoms with Crippen LogP contribution in [0.4, 0.5) is 0 Å². The molecule has 0 saturated carbocycles. The summed E-state index contributed by atoms with van der Waals surface area (Å²) in [5, 5.41) is 35.5. The van der Waals surface area contributed by atoms with E-state index < -0.39 is 102 Å². The van der Waals surface area contributed by atoms with Crippen LogP contribution in [0.15, 0.2) is 40.4 Å². The lowest BCUT2D eigenvalue weighted by Crippen LogP contribution is -2.60. The molecule has 1 aromatic heterocycles. The van der Waals surface area contributed by atoms with E-state index in [2.05, 4.69) is 46.9 Å². The van der Waals surface area contributed by atoms with Gasteiger partial charge in [-0.25, -0.2) is 4.79 Å². The monoisotopic (exact) mass is 998 g/mol. The maximum Gasteiger partial charge on any atom is 0.328 e. The van der Waals surface area contributed by atoms with E-state index in [0.717, 1.165) is 10.9 Å². The molecule has 394 valence electrons. The maximum atomic E-state index is 14.3. The van der Waals surface area contributed by atoms with Crippen LogP contribution in [0.25, 0.3) is 10.9 Å². The molecule has 0 spiro atoms. The van der Waals surface area contributed by atoms with Crippen molar-refractivity contribution in [1.29, 1.82) is 0 Å². The Balaban J connectivity index is 1.82. The van der Waals surface area contributed by atoms with E-state index in [1.165, 1.54) is 11.8 Å². The molecule has 19 N–H and O–H groups in total. The summed E-state index contributed by atoms with van der Waals surface area (Å²) in [5.74, 6) is -6.96. The molecule has 0 bridgehead atoms. The van der Waals surface area contributed by atoms with Crippen molar-refractivity contribution in [2.75, 3.05) is 26.2 Å². The quantitative estimate of drug-likeness (QED) is 0.0223. The minimum Gasteiger partial charge on any atom is -0.480 e. The van der Waals surface area contributed by atoms with Gasteiger partial charge in [0.1, 0.15) is 42.3 Å². The van der Waals surface area contributed by atoms with E-state index in [0.29, 0.717) is 31.4 Å². The second-order valence-corrected chi connectivity index (χ2v) is 18.6. The minimum atomic E-state index is -1.68. The number of carbonyl (C=O) groups excluding carboxylic acids is 7. The number of aliphatic hydroxyl groups is 1. The Hall–Kier alpha value is -7.02. The first-order chi connectivity index (χ1) is 33.5. The lowest BCUT2D eigenvalue weighted by atomic mass is 10.00. The number of aromatic amines is 1. The third kappa shape index (κ3) is 19.0. The highest BCUT2D eigenvalue weighted by Crippen LogP contribution is 2.22. The summed E-state index contributed by atoms with van der Waals surface area (Å²) in [6.45, 7) is 8.47. The zero-order valence-electron chi connectivity index (χ0n) is 41.2. The third-order valence-corrected chi connectivity index (χ3v) is 11.7. The molecular weight excluding hydrogens is 923 g/mol. The van der Waals surface area contributed by atoms with E-state index in [1.54, 1.807) is 12.3 Å². The zero-order chi connectivity index (χ0) is 52.9. The molecular formula is C46H75N15O10. The number of para-hydroxylation sites is 1. The van der Waals surface area contributed by atoms with Gasteiger partial charge in [-0.15, -0.1) is 0 Å². The summed E-state index contributed by atoms with van der Waals surface area (Å²) in [6.07, 6.45) is 3.57. The number of amides is 7. The van der Waals surface area contributed by atoms with Gasteiger partial charge in [-0.3, -0.25) is 43.5 Å². The maximum absolute atomic E-state index is 14.3. The first-order valence-electron chi connectivity index (χ1n) is 23.9. The summed E-state index contributed by atoms with van der Waals surface area (Å²) < 4.78 is 0. The number of hydrogen-bond acceptors (Lipinski definition) is 12. The van der Waals surface area contributed by atoms with Gasteiger partial charge in [-0.2, -0.15) is 0 Å². The van der Waals surface area contributed by atoms with E-state index in [-0.39, 0.29) is 75.4 Å². The number of H-pyrrole nitrogens is 1. The number of carboxylic acids is 1. The highest BCUT2D eigenvalue weighted by molar-refractivity contribution is 5.98. The van der Waals surface area contributed by atoms with Gasteiger partial charge in [0.2, 0.25) is 41.4 Å². The first-order valence-corrected chi connectivity index (χ1v) is 23.9. The van der Waals surface area contributed by atoms with Gasteiger partial charge in [0.15, 0.2) is 11.9 Å². The van der Waals surface area contributed by atoms with Crippen molar-refractivity contribution >= 4 is 70.1 Å². The smallest absolute Gasteiger partial charge is 0.328 e. The summed E-state index contributed by atoms with van der Waals surface area (Å²) in [4.78, 5) is 121. The van der Waals surface area contributed by atoms with Crippen LogP contribution in [0.2, 0.25) is 0 Å². The zero-order valence-corrected chi connectivity index (χ0v) is 41.2. The van der Waals surface area contributed by atoms with Crippen LogP contribution in [0.5, 0.6) is 0 Å². The van der Waals surface area contributed by atoms with Crippen molar-refractivity contribution in [2.24, 2.45) is 50.5 Å². The van der Waals surface area contributed by atoms with Gasteiger partial charge >= 0.3 is 5.97 Å². The topological polar surface area (TPSA) is 423 Å². The molecule has 1 aromatic carbocycles. The standard InChI is InChI=1S/C46H75N15O10/c1-24(2)19-32(59-42(68)36-15-10-18-61(36)43(69)29(47)12-8-16-52-45(48)49)39(65)55-26(5)37(63)57-33(20-25(3)4)40(66)58-34(21-27-22-54-30-13-7-6-11-28(27)30)41(67)56-31(14-9-17-53-46(50)51)38(64)60-35(23-62)44(70)71/h6-7,11,13,22,24-26,29,31-36,54,62H,8-10,12,14-21,23,47H2,1-5H3,(H,55,65)(H,56,67)(H,57,63)(H,58,66)(H,59,68)(H,60,64)(H,70,71)(H4,48,49,52)(H4,50,51,53). The van der Waals surface area contributed by atoms with Gasteiger partial charge in [-0.1, -0.05) is 45.9 Å². The number of hydrogen-bond donors (Lipinski definition) is 14. The molecule has 7 amide bonds. The number of carboxylic acid groups (broad SMARTS) is 1. The second-order valence-electron chi connectivity index (χ2n) is 18.6. The second kappa shape index (κ2) is 28.6. The molecule has 3 rings (SSSR count). The Bertz CT molecular complexity index is 2210. The number of aliphatic imine (C=N–C) groups is 2. The van der Waals surface area contributed by atoms with Crippen molar-refractivity contribution in [3.63, 3.8) is 0 Å². The molecule has 2 heterocycles. The Morgan fingerprint density at radius 1 is 0.704 bits per heavy atom. The number of rotatable bonds is 29. The van der Waals surface area contributed by atoms with Crippen molar-refractivity contribution in [2.45, 2.75) is 141 Å². The summed E-state index contributed by atoms with van der Waals surface area (Å²) in [6, 6.07) is -2.52. The van der Waals surface area contributed by atoms with E-state index in [1.807, 2.05) is 45.9 Å². The highest BCUT2D eigenvalue weighted by Gasteiger charge is 2.38. The Labute approximate surface area is 413 Å². The number of nitrogens with zero attached hydrogens (tertiary/aromatic N) is 3. The van der Waals surface area contributed by atoms with Crippen LogP contribution in [0, 0.1) is 11.8 Å². The largest absolute Gasteiger partial charge is 0.480 e. The van der Waals surface area contributed by atoms with Crippen LogP contribution >= 0.6 is 0 Å². The average Bonchev–Trinajstić information content (AvgIpc) is 3.96. The molecule has 8 atom stereocenters. The number of likely N-dealkylation sites (tertiary alicyclic amines) is 1. The lowest BCUT2D eigenvalue weighted by Gasteiger charge is -2.29. The Kier molecular flexibility index (Phi) is 23.5. The molecule has 8 unspecified atom stereocenters. The lowest BCUT2D eigenvalue weighted by molar-refractivity contribution is -0.143. The predicted octanol–water partition coefficient (Wildman–Crippen LogP) is -2.77. The van der Waals surface area contributed by atoms with Crippen LogP contribution in [-0.2, 0) is 44.8 Å². The first kappa shape index (κ1) is 58.3.